The maximum atomic E-state index is 9.81. The third-order valence-electron chi connectivity index (χ3n) is 3.91. The highest BCUT2D eigenvalue weighted by atomic mass is 16.1. The number of rotatable bonds is 3. The summed E-state index contributed by atoms with van der Waals surface area (Å²) in [6.45, 7) is 21.9. The van der Waals surface area contributed by atoms with Gasteiger partial charge in [0.05, 0.1) is 0 Å². The van der Waals surface area contributed by atoms with Crippen molar-refractivity contribution >= 4 is 5.78 Å². The lowest BCUT2D eigenvalue weighted by Crippen LogP contribution is -2.26. The smallest absolute Gasteiger partial charge is 0.129 e. The third-order valence-corrected chi connectivity index (χ3v) is 3.91. The Balaban J connectivity index is 0. The summed E-state index contributed by atoms with van der Waals surface area (Å²) in [7, 11) is 0. The van der Waals surface area contributed by atoms with E-state index in [1.165, 1.54) is 12.8 Å². The Kier molecular flexibility index (Phi) is 12.7. The molecule has 1 fully saturated rings. The molecular weight excluding hydrogens is 232 g/mol. The van der Waals surface area contributed by atoms with Crippen LogP contribution in [0.2, 0.25) is 0 Å². The molecule has 0 aromatic rings. The van der Waals surface area contributed by atoms with Gasteiger partial charge >= 0.3 is 0 Å². The molecule has 0 bridgehead atoms. The highest BCUT2D eigenvalue weighted by Crippen LogP contribution is 2.38. The molecule has 1 heteroatoms. The normalized spacial score (nSPS) is 28.8. The van der Waals surface area contributed by atoms with Crippen LogP contribution in [0.5, 0.6) is 0 Å². The number of carbonyl (C=O) groups is 1. The first-order valence-corrected chi connectivity index (χ1v) is 7.20. The van der Waals surface area contributed by atoms with Crippen LogP contribution in [0.3, 0.4) is 0 Å². The van der Waals surface area contributed by atoms with Gasteiger partial charge in [-0.2, -0.15) is 0 Å². The highest BCUT2D eigenvalue weighted by molar-refractivity contribution is 5.74. The Morgan fingerprint density at radius 2 is 1.32 bits per heavy atom. The van der Waals surface area contributed by atoms with E-state index in [1.54, 1.807) is 6.92 Å². The van der Waals surface area contributed by atoms with Crippen LogP contribution in [0, 0.1) is 23.7 Å². The van der Waals surface area contributed by atoms with Crippen molar-refractivity contribution in [2.24, 2.45) is 23.7 Å². The van der Waals surface area contributed by atoms with E-state index in [1.807, 2.05) is 6.92 Å². The van der Waals surface area contributed by atoms with Gasteiger partial charge < -0.3 is 4.79 Å². The molecule has 0 aromatic heterocycles. The molecule has 0 aliphatic heterocycles. The Bertz CT molecular complexity index is 247. The number of carbonyl (C=O) groups excluding carboxylic acids is 1. The molecule has 0 spiro atoms. The van der Waals surface area contributed by atoms with Crippen LogP contribution >= 0.6 is 0 Å². The van der Waals surface area contributed by atoms with Crippen LogP contribution in [-0.2, 0) is 4.79 Å². The van der Waals surface area contributed by atoms with Crippen LogP contribution < -0.4 is 0 Å². The second-order valence-electron chi connectivity index (χ2n) is 5.28. The van der Waals surface area contributed by atoms with Crippen molar-refractivity contribution < 1.29 is 4.79 Å². The zero-order valence-corrected chi connectivity index (χ0v) is 13.3. The lowest BCUT2D eigenvalue weighted by Gasteiger charge is -2.36. The number of Topliss-reactive ketones (excluding diaryl/α,β-unsaturated/α-hetero) is 1. The van der Waals surface area contributed by atoms with Crippen molar-refractivity contribution in [1.82, 2.24) is 0 Å². The zero-order valence-electron chi connectivity index (χ0n) is 13.3. The average molecular weight is 264 g/mol. The van der Waals surface area contributed by atoms with Crippen LogP contribution in [0.1, 0.15) is 47.0 Å². The minimum absolute atomic E-state index is 0.255. The minimum Gasteiger partial charge on any atom is -0.300 e. The topological polar surface area (TPSA) is 17.1 Å². The lowest BCUT2D eigenvalue weighted by atomic mass is 9.70. The number of hydrogen-bond acceptors (Lipinski definition) is 1. The fraction of sp³-hybridized carbons (Fsp3) is 0.611. The molecule has 0 N–H and O–H groups in total. The summed E-state index contributed by atoms with van der Waals surface area (Å²) in [4.78, 5) is 9.81. The van der Waals surface area contributed by atoms with Gasteiger partial charge in [-0.25, -0.2) is 0 Å². The summed E-state index contributed by atoms with van der Waals surface area (Å²) in [5.74, 6) is 3.31. The van der Waals surface area contributed by atoms with Gasteiger partial charge in [0.1, 0.15) is 5.78 Å². The summed E-state index contributed by atoms with van der Waals surface area (Å²) < 4.78 is 0. The maximum Gasteiger partial charge on any atom is 0.129 e. The fourth-order valence-corrected chi connectivity index (χ4v) is 2.21. The number of ketones is 1. The Hall–Kier alpha value is -1.11. The van der Waals surface area contributed by atoms with Gasteiger partial charge in [-0.05, 0) is 43.4 Å². The number of hydrogen-bond donors (Lipinski definition) is 0. The van der Waals surface area contributed by atoms with Crippen LogP contribution in [0.25, 0.3) is 0 Å². The summed E-state index contributed by atoms with van der Waals surface area (Å²) in [5, 5.41) is 0. The summed E-state index contributed by atoms with van der Waals surface area (Å²) >= 11 is 0. The van der Waals surface area contributed by atoms with Gasteiger partial charge in [0.25, 0.3) is 0 Å². The standard InChI is InChI=1S/C12H20.C4H8O.C2H4/c1-5-11-7-9(3)10(4)8-12(11)6-2;1-3-4(2)5;1-2/h5-6,9-12H,1-2,7-8H2,3-4H3;3H2,1-2H3;1-2H2/t9?,10?,11-,12?;;/m1../s1. The second kappa shape index (κ2) is 12.0. The van der Waals surface area contributed by atoms with Crippen LogP contribution in [-0.4, -0.2) is 5.78 Å². The van der Waals surface area contributed by atoms with E-state index in [2.05, 4.69) is 52.3 Å². The van der Waals surface area contributed by atoms with Gasteiger partial charge in [0, 0.05) is 6.42 Å². The van der Waals surface area contributed by atoms with Gasteiger partial charge in [-0.3, -0.25) is 0 Å². The van der Waals surface area contributed by atoms with E-state index in [0.29, 0.717) is 18.3 Å². The molecule has 0 heterocycles. The molecule has 1 aliphatic carbocycles. The average Bonchev–Trinajstić information content (AvgIpc) is 2.44. The zero-order chi connectivity index (χ0) is 15.4. The van der Waals surface area contributed by atoms with E-state index in [4.69, 9.17) is 0 Å². The Morgan fingerprint density at radius 3 is 1.47 bits per heavy atom. The van der Waals surface area contributed by atoms with E-state index >= 15 is 0 Å². The Morgan fingerprint density at radius 1 is 1.05 bits per heavy atom. The molecular formula is C18H32O. The van der Waals surface area contributed by atoms with Crippen molar-refractivity contribution in [2.45, 2.75) is 47.0 Å². The van der Waals surface area contributed by atoms with E-state index in [-0.39, 0.29) is 5.78 Å². The van der Waals surface area contributed by atoms with Gasteiger partial charge in [0.15, 0.2) is 0 Å². The van der Waals surface area contributed by atoms with E-state index in [0.717, 1.165) is 11.8 Å². The second-order valence-corrected chi connectivity index (χ2v) is 5.28. The summed E-state index contributed by atoms with van der Waals surface area (Å²) in [5.41, 5.74) is 0. The highest BCUT2D eigenvalue weighted by Gasteiger charge is 2.29. The van der Waals surface area contributed by atoms with Crippen LogP contribution in [0.15, 0.2) is 38.5 Å². The molecule has 0 amide bonds. The fourth-order valence-electron chi connectivity index (χ4n) is 2.21. The lowest BCUT2D eigenvalue weighted by molar-refractivity contribution is -0.116. The largest absolute Gasteiger partial charge is 0.300 e. The summed E-state index contributed by atoms with van der Waals surface area (Å²) in [6.07, 6.45) is 7.46. The number of allylic oxidation sites excluding steroid dienone is 2. The first-order chi connectivity index (χ1) is 8.96. The molecule has 1 nitrogen and oxygen atoms in total. The molecule has 1 saturated carbocycles. The van der Waals surface area contributed by atoms with Gasteiger partial charge in [-0.1, -0.05) is 32.9 Å². The quantitative estimate of drug-likeness (QED) is 0.620. The molecule has 19 heavy (non-hydrogen) atoms. The van der Waals surface area contributed by atoms with E-state index in [9.17, 15) is 4.79 Å². The molecule has 4 atom stereocenters. The van der Waals surface area contributed by atoms with Crippen molar-refractivity contribution in [1.29, 1.82) is 0 Å². The molecule has 110 valence electrons. The minimum atomic E-state index is 0.255. The molecule has 0 aromatic carbocycles. The molecule has 1 rings (SSSR count). The Labute approximate surface area is 120 Å². The van der Waals surface area contributed by atoms with Crippen molar-refractivity contribution in [3.05, 3.63) is 38.5 Å². The first kappa shape index (κ1) is 20.2. The van der Waals surface area contributed by atoms with Crippen molar-refractivity contribution in [2.75, 3.05) is 0 Å². The molecule has 1 aliphatic rings. The molecule has 0 radical (unpaired) electrons. The predicted molar refractivity (Wildman–Crippen MR) is 87.2 cm³/mol. The van der Waals surface area contributed by atoms with Crippen molar-refractivity contribution in [3.63, 3.8) is 0 Å². The molecule has 3 unspecified atom stereocenters. The summed E-state index contributed by atoms with van der Waals surface area (Å²) in [6, 6.07) is 0. The van der Waals surface area contributed by atoms with Gasteiger partial charge in [-0.15, -0.1) is 26.3 Å². The van der Waals surface area contributed by atoms with E-state index < -0.39 is 0 Å². The van der Waals surface area contributed by atoms with Gasteiger partial charge in [0.2, 0.25) is 0 Å². The molecule has 0 saturated heterocycles. The monoisotopic (exact) mass is 264 g/mol. The van der Waals surface area contributed by atoms with Crippen molar-refractivity contribution in [3.8, 4) is 0 Å². The maximum absolute atomic E-state index is 9.81. The SMILES string of the molecule is C=C.C=CC1CC(C)C(C)C[C@H]1C=C.CCC(C)=O. The van der Waals surface area contributed by atoms with Crippen LogP contribution in [0.4, 0.5) is 0 Å². The predicted octanol–water partition coefficient (Wildman–Crippen LogP) is 5.44. The first-order valence-electron chi connectivity index (χ1n) is 7.20. The third kappa shape index (κ3) is 8.58.